The van der Waals surface area contributed by atoms with Crippen molar-refractivity contribution in [3.05, 3.63) is 59.4 Å². The highest BCUT2D eigenvalue weighted by Gasteiger charge is 2.18. The zero-order valence-electron chi connectivity index (χ0n) is 17.3. The second-order valence-electron chi connectivity index (χ2n) is 6.90. The van der Waals surface area contributed by atoms with Gasteiger partial charge in [0, 0.05) is 44.0 Å². The lowest BCUT2D eigenvalue weighted by molar-refractivity contribution is 0.152. The first-order valence-electron chi connectivity index (χ1n) is 9.94. The number of rotatable bonds is 7. The van der Waals surface area contributed by atoms with Crippen LogP contribution in [0.15, 0.2) is 47.6 Å². The summed E-state index contributed by atoms with van der Waals surface area (Å²) < 4.78 is 23.4. The number of benzene rings is 2. The molecule has 0 radical (unpaired) electrons. The molecular weight excluding hydrogens is 387 g/mol. The normalized spacial score (nSPS) is 14.7. The third-order valence-electron chi connectivity index (χ3n) is 4.91. The first-order valence-corrected chi connectivity index (χ1v) is 9.94. The van der Waals surface area contributed by atoms with Crippen LogP contribution in [0, 0.1) is 5.82 Å². The molecule has 0 aliphatic carbocycles. The van der Waals surface area contributed by atoms with Gasteiger partial charge in [-0.3, -0.25) is 4.90 Å². The number of ether oxygens (including phenoxy) is 2. The number of carbonyl (C=O) groups excluding carboxylic acids is 1. The highest BCUT2D eigenvalue weighted by Crippen LogP contribution is 2.23. The Morgan fingerprint density at radius 1 is 1.17 bits per heavy atom. The molecule has 0 aromatic heterocycles. The van der Waals surface area contributed by atoms with Crippen molar-refractivity contribution in [3.8, 4) is 5.75 Å². The van der Waals surface area contributed by atoms with Crippen LogP contribution in [0.2, 0.25) is 0 Å². The van der Waals surface area contributed by atoms with E-state index in [-0.39, 0.29) is 5.82 Å². The van der Waals surface area contributed by atoms with Crippen molar-refractivity contribution in [2.75, 3.05) is 44.8 Å². The van der Waals surface area contributed by atoms with Crippen molar-refractivity contribution in [1.29, 1.82) is 0 Å². The Morgan fingerprint density at radius 2 is 1.90 bits per heavy atom. The summed E-state index contributed by atoms with van der Waals surface area (Å²) in [5.41, 5.74) is 5.27. The van der Waals surface area contributed by atoms with Gasteiger partial charge in [-0.25, -0.2) is 14.6 Å². The number of hydrazone groups is 1. The third kappa shape index (κ3) is 5.93. The summed E-state index contributed by atoms with van der Waals surface area (Å²) in [7, 11) is 1.65. The van der Waals surface area contributed by atoms with Crippen LogP contribution in [0.4, 0.5) is 14.9 Å². The summed E-state index contributed by atoms with van der Waals surface area (Å²) in [4.78, 5) is 15.9. The van der Waals surface area contributed by atoms with Crippen LogP contribution in [-0.4, -0.2) is 57.1 Å². The molecule has 0 bridgehead atoms. The molecule has 30 heavy (non-hydrogen) atoms. The van der Waals surface area contributed by atoms with E-state index in [1.165, 1.54) is 12.1 Å². The van der Waals surface area contributed by atoms with Crippen molar-refractivity contribution < 1.29 is 18.7 Å². The minimum atomic E-state index is -0.582. The van der Waals surface area contributed by atoms with Gasteiger partial charge in [-0.2, -0.15) is 5.10 Å². The van der Waals surface area contributed by atoms with E-state index in [9.17, 15) is 9.18 Å². The predicted octanol–water partition coefficient (Wildman–Crippen LogP) is 3.24. The average Bonchev–Trinajstić information content (AvgIpc) is 2.75. The van der Waals surface area contributed by atoms with E-state index in [2.05, 4.69) is 20.3 Å². The second kappa shape index (κ2) is 10.6. The highest BCUT2D eigenvalue weighted by atomic mass is 19.1. The number of anilines is 1. The zero-order valence-corrected chi connectivity index (χ0v) is 17.3. The Labute approximate surface area is 176 Å². The average molecular weight is 414 g/mol. The number of nitrogens with zero attached hydrogens (tertiary/aromatic N) is 3. The fraction of sp³-hybridized carbons (Fsp3) is 0.364. The molecule has 2 aromatic rings. The molecule has 160 valence electrons. The summed E-state index contributed by atoms with van der Waals surface area (Å²) in [6, 6.07) is 12.4. The van der Waals surface area contributed by atoms with Gasteiger partial charge in [-0.05, 0) is 55.0 Å². The molecule has 1 aliphatic rings. The largest absolute Gasteiger partial charge is 0.496 e. The molecule has 1 fully saturated rings. The van der Waals surface area contributed by atoms with Crippen LogP contribution >= 0.6 is 0 Å². The van der Waals surface area contributed by atoms with Crippen LogP contribution in [0.25, 0.3) is 0 Å². The van der Waals surface area contributed by atoms with Gasteiger partial charge in [0.1, 0.15) is 11.6 Å². The monoisotopic (exact) mass is 414 g/mol. The van der Waals surface area contributed by atoms with E-state index >= 15 is 0 Å². The molecule has 1 saturated heterocycles. The van der Waals surface area contributed by atoms with Crippen molar-refractivity contribution in [1.82, 2.24) is 10.3 Å². The van der Waals surface area contributed by atoms with Crippen LogP contribution < -0.4 is 15.1 Å². The molecule has 0 atom stereocenters. The number of halogens is 1. The number of nitrogens with one attached hydrogen (secondary N) is 1. The van der Waals surface area contributed by atoms with Gasteiger partial charge in [-0.1, -0.05) is 0 Å². The number of carbonyl (C=O) groups is 1. The van der Waals surface area contributed by atoms with E-state index in [1.54, 1.807) is 20.2 Å². The van der Waals surface area contributed by atoms with E-state index in [4.69, 9.17) is 9.47 Å². The lowest BCUT2D eigenvalue weighted by Gasteiger charge is -2.36. The van der Waals surface area contributed by atoms with Crippen molar-refractivity contribution in [2.45, 2.75) is 13.5 Å². The van der Waals surface area contributed by atoms with E-state index in [0.717, 1.165) is 55.3 Å². The standard InChI is InChI=1S/C22H27FN4O3/c1-3-30-22(28)25-24-15-17-4-9-21(29-2)18(14-17)16-26-10-12-27(13-11-26)20-7-5-19(23)6-8-20/h4-9,14-15H,3,10-13,16H2,1-2H3,(H,25,28). The molecule has 0 spiro atoms. The van der Waals surface area contributed by atoms with Crippen molar-refractivity contribution in [2.24, 2.45) is 5.10 Å². The van der Waals surface area contributed by atoms with Crippen LogP contribution in [0.1, 0.15) is 18.1 Å². The fourth-order valence-corrected chi connectivity index (χ4v) is 3.38. The van der Waals surface area contributed by atoms with Gasteiger partial charge in [0.15, 0.2) is 0 Å². The van der Waals surface area contributed by atoms with E-state index < -0.39 is 6.09 Å². The quantitative estimate of drug-likeness (QED) is 0.557. The summed E-state index contributed by atoms with van der Waals surface area (Å²) in [5, 5.41) is 3.92. The maximum absolute atomic E-state index is 13.1. The summed E-state index contributed by atoms with van der Waals surface area (Å²) >= 11 is 0. The molecular formula is C22H27FN4O3. The molecule has 1 aliphatic heterocycles. The van der Waals surface area contributed by atoms with Gasteiger partial charge >= 0.3 is 6.09 Å². The number of hydrogen-bond acceptors (Lipinski definition) is 6. The first-order chi connectivity index (χ1) is 14.6. The van der Waals surface area contributed by atoms with Gasteiger partial charge in [0.05, 0.1) is 19.9 Å². The van der Waals surface area contributed by atoms with E-state index in [0.29, 0.717) is 6.61 Å². The first kappa shape index (κ1) is 21.6. The van der Waals surface area contributed by atoms with Gasteiger partial charge in [0.2, 0.25) is 0 Å². The molecule has 0 saturated carbocycles. The Morgan fingerprint density at radius 3 is 2.57 bits per heavy atom. The summed E-state index contributed by atoms with van der Waals surface area (Å²) in [5.74, 6) is 0.594. The zero-order chi connectivity index (χ0) is 21.3. The molecule has 7 nitrogen and oxygen atoms in total. The molecule has 1 N–H and O–H groups in total. The number of methoxy groups -OCH3 is 1. The van der Waals surface area contributed by atoms with Gasteiger partial charge in [-0.15, -0.1) is 0 Å². The summed E-state index contributed by atoms with van der Waals surface area (Å²) in [6.07, 6.45) is 0.994. The number of amides is 1. The minimum absolute atomic E-state index is 0.217. The van der Waals surface area contributed by atoms with Gasteiger partial charge in [0.25, 0.3) is 0 Å². The topological polar surface area (TPSA) is 66.4 Å². The Balaban J connectivity index is 1.59. The Hall–Kier alpha value is -3.13. The molecule has 1 heterocycles. The molecule has 2 aromatic carbocycles. The van der Waals surface area contributed by atoms with Gasteiger partial charge < -0.3 is 14.4 Å². The lowest BCUT2D eigenvalue weighted by Crippen LogP contribution is -2.46. The van der Waals surface area contributed by atoms with Crippen LogP contribution in [0.5, 0.6) is 5.75 Å². The maximum atomic E-state index is 13.1. The molecule has 3 rings (SSSR count). The Kier molecular flexibility index (Phi) is 7.62. The van der Waals surface area contributed by atoms with Crippen molar-refractivity contribution >= 4 is 18.0 Å². The highest BCUT2D eigenvalue weighted by molar-refractivity contribution is 5.81. The maximum Gasteiger partial charge on any atom is 0.427 e. The third-order valence-corrected chi connectivity index (χ3v) is 4.91. The SMILES string of the molecule is CCOC(=O)NN=Cc1ccc(OC)c(CN2CCN(c3ccc(F)cc3)CC2)c1. The van der Waals surface area contributed by atoms with E-state index in [1.807, 2.05) is 30.3 Å². The minimum Gasteiger partial charge on any atom is -0.496 e. The molecule has 1 amide bonds. The number of piperazine rings is 1. The molecule has 0 unspecified atom stereocenters. The van der Waals surface area contributed by atoms with Crippen LogP contribution in [-0.2, 0) is 11.3 Å². The van der Waals surface area contributed by atoms with Crippen molar-refractivity contribution in [3.63, 3.8) is 0 Å². The fourth-order valence-electron chi connectivity index (χ4n) is 3.38. The lowest BCUT2D eigenvalue weighted by atomic mass is 10.1. The number of hydrogen-bond donors (Lipinski definition) is 1. The smallest absolute Gasteiger partial charge is 0.427 e. The Bertz CT molecular complexity index is 865. The molecule has 8 heteroatoms. The summed E-state index contributed by atoms with van der Waals surface area (Å²) in [6.45, 7) is 6.30. The van der Waals surface area contributed by atoms with Crippen LogP contribution in [0.3, 0.4) is 0 Å². The predicted molar refractivity (Wildman–Crippen MR) is 115 cm³/mol. The second-order valence-corrected chi connectivity index (χ2v) is 6.90.